The van der Waals surface area contributed by atoms with Crippen molar-refractivity contribution in [1.82, 2.24) is 9.21 Å². The minimum Gasteiger partial charge on any atom is -0.298 e. The van der Waals surface area contributed by atoms with Crippen LogP contribution in [0.15, 0.2) is 44.4 Å². The van der Waals surface area contributed by atoms with Gasteiger partial charge in [-0.25, -0.2) is 8.42 Å². The van der Waals surface area contributed by atoms with Gasteiger partial charge >= 0.3 is 0 Å². The molecule has 2 heterocycles. The van der Waals surface area contributed by atoms with Gasteiger partial charge in [-0.2, -0.15) is 15.6 Å². The van der Waals surface area contributed by atoms with E-state index >= 15 is 0 Å². The number of aryl methyl sites for hydroxylation is 1. The van der Waals surface area contributed by atoms with Crippen LogP contribution >= 0.6 is 27.3 Å². The van der Waals surface area contributed by atoms with Gasteiger partial charge in [-0.3, -0.25) is 4.90 Å². The summed E-state index contributed by atoms with van der Waals surface area (Å²) in [6.45, 7) is 5.73. The molecular formula is C18H23BrN2O2S2. The van der Waals surface area contributed by atoms with E-state index in [-0.39, 0.29) is 0 Å². The van der Waals surface area contributed by atoms with Crippen LogP contribution in [0, 0.1) is 0 Å². The molecule has 1 aromatic carbocycles. The molecular weight excluding hydrogens is 420 g/mol. The Bertz CT molecular complexity index is 806. The molecule has 0 spiro atoms. The van der Waals surface area contributed by atoms with Crippen LogP contribution in [0.2, 0.25) is 0 Å². The zero-order valence-electron chi connectivity index (χ0n) is 14.3. The first-order valence-electron chi connectivity index (χ1n) is 8.52. The molecule has 136 valence electrons. The van der Waals surface area contributed by atoms with Crippen LogP contribution in [0.5, 0.6) is 0 Å². The summed E-state index contributed by atoms with van der Waals surface area (Å²) in [7, 11) is -3.44. The normalized spacial score (nSPS) is 17.5. The van der Waals surface area contributed by atoms with Crippen molar-refractivity contribution in [3.8, 4) is 0 Å². The third kappa shape index (κ3) is 4.52. The van der Waals surface area contributed by atoms with Crippen molar-refractivity contribution in [2.24, 2.45) is 0 Å². The van der Waals surface area contributed by atoms with Crippen LogP contribution in [-0.4, -0.2) is 43.8 Å². The van der Waals surface area contributed by atoms with E-state index in [4.69, 9.17) is 0 Å². The summed E-state index contributed by atoms with van der Waals surface area (Å²) in [5.74, 6) is 0. The molecule has 0 amide bonds. The van der Waals surface area contributed by atoms with Crippen molar-refractivity contribution in [3.05, 3.63) is 50.6 Å². The van der Waals surface area contributed by atoms with Gasteiger partial charge in [0, 0.05) is 30.7 Å². The number of hydrogen-bond donors (Lipinski definition) is 0. The summed E-state index contributed by atoms with van der Waals surface area (Å²) < 4.78 is 28.9. The minimum atomic E-state index is -3.44. The van der Waals surface area contributed by atoms with Gasteiger partial charge in [-0.1, -0.05) is 22.9 Å². The predicted octanol–water partition coefficient (Wildman–Crippen LogP) is 3.97. The van der Waals surface area contributed by atoms with E-state index in [0.717, 1.165) is 36.1 Å². The molecule has 25 heavy (non-hydrogen) atoms. The smallest absolute Gasteiger partial charge is 0.243 e. The Morgan fingerprint density at radius 1 is 1.16 bits per heavy atom. The molecule has 1 aliphatic heterocycles. The molecule has 0 unspecified atom stereocenters. The minimum absolute atomic E-state index is 0.449. The lowest BCUT2D eigenvalue weighted by Crippen LogP contribution is -2.35. The monoisotopic (exact) mass is 442 g/mol. The van der Waals surface area contributed by atoms with Crippen LogP contribution in [0.4, 0.5) is 0 Å². The van der Waals surface area contributed by atoms with Crippen LogP contribution < -0.4 is 0 Å². The molecule has 0 saturated carbocycles. The van der Waals surface area contributed by atoms with E-state index in [0.29, 0.717) is 24.4 Å². The van der Waals surface area contributed by atoms with E-state index in [9.17, 15) is 8.42 Å². The van der Waals surface area contributed by atoms with Crippen LogP contribution in [0.3, 0.4) is 0 Å². The van der Waals surface area contributed by atoms with Gasteiger partial charge in [-0.15, -0.1) is 0 Å². The molecule has 7 heteroatoms. The summed E-state index contributed by atoms with van der Waals surface area (Å²) in [6.07, 6.45) is 1.56. The van der Waals surface area contributed by atoms with Crippen LogP contribution in [0.25, 0.3) is 0 Å². The first-order valence-corrected chi connectivity index (χ1v) is 11.7. The van der Waals surface area contributed by atoms with Gasteiger partial charge in [0.25, 0.3) is 0 Å². The maximum Gasteiger partial charge on any atom is 0.243 e. The third-order valence-electron chi connectivity index (χ3n) is 4.56. The molecule has 4 nitrogen and oxygen atoms in total. The van der Waals surface area contributed by atoms with Crippen LogP contribution in [-0.2, 0) is 23.0 Å². The summed E-state index contributed by atoms with van der Waals surface area (Å²) in [5.41, 5.74) is 2.18. The van der Waals surface area contributed by atoms with Crippen molar-refractivity contribution >= 4 is 37.3 Å². The largest absolute Gasteiger partial charge is 0.298 e. The van der Waals surface area contributed by atoms with E-state index < -0.39 is 10.0 Å². The number of thiophene rings is 1. The summed E-state index contributed by atoms with van der Waals surface area (Å²) in [6, 6.07) is 7.59. The number of benzene rings is 1. The zero-order valence-corrected chi connectivity index (χ0v) is 17.5. The molecule has 3 rings (SSSR count). The van der Waals surface area contributed by atoms with E-state index in [1.807, 2.05) is 19.1 Å². The van der Waals surface area contributed by atoms with Crippen LogP contribution in [0.1, 0.15) is 24.5 Å². The SMILES string of the molecule is CCc1cc(Br)ccc1S(=O)(=O)N1CCCN(Cc2ccsc2)CC1. The van der Waals surface area contributed by atoms with Gasteiger partial charge < -0.3 is 0 Å². The van der Waals surface area contributed by atoms with Crippen molar-refractivity contribution in [2.45, 2.75) is 31.2 Å². The second-order valence-corrected chi connectivity index (χ2v) is 9.87. The second-order valence-electron chi connectivity index (χ2n) is 6.27. The van der Waals surface area contributed by atoms with Crippen molar-refractivity contribution in [2.75, 3.05) is 26.2 Å². The van der Waals surface area contributed by atoms with E-state index in [2.05, 4.69) is 37.7 Å². The maximum atomic E-state index is 13.1. The number of nitrogens with zero attached hydrogens (tertiary/aromatic N) is 2. The molecule has 0 aliphatic carbocycles. The van der Waals surface area contributed by atoms with Gasteiger partial charge in [0.05, 0.1) is 4.90 Å². The first kappa shape index (κ1) is 19.0. The highest BCUT2D eigenvalue weighted by Gasteiger charge is 2.28. The Kier molecular flexibility index (Phi) is 6.33. The summed E-state index contributed by atoms with van der Waals surface area (Å²) in [5, 5.41) is 4.25. The summed E-state index contributed by atoms with van der Waals surface area (Å²) in [4.78, 5) is 2.80. The lowest BCUT2D eigenvalue weighted by Gasteiger charge is -2.22. The van der Waals surface area contributed by atoms with E-state index in [1.54, 1.807) is 21.7 Å². The number of sulfonamides is 1. The highest BCUT2D eigenvalue weighted by atomic mass is 79.9. The molecule has 1 saturated heterocycles. The van der Waals surface area contributed by atoms with Crippen molar-refractivity contribution in [1.29, 1.82) is 0 Å². The molecule has 1 aromatic heterocycles. The molecule has 0 atom stereocenters. The Labute approximate surface area is 162 Å². The van der Waals surface area contributed by atoms with Gasteiger partial charge in [0.1, 0.15) is 0 Å². The quantitative estimate of drug-likeness (QED) is 0.702. The standard InChI is InChI=1S/C18H23BrN2O2S2/c1-2-16-12-17(19)4-5-18(16)25(22,23)21-8-3-7-20(9-10-21)13-15-6-11-24-14-15/h4-6,11-12,14H,2-3,7-10,13H2,1H3. The summed E-state index contributed by atoms with van der Waals surface area (Å²) >= 11 is 5.14. The van der Waals surface area contributed by atoms with Crippen molar-refractivity contribution in [3.63, 3.8) is 0 Å². The number of rotatable bonds is 5. The Morgan fingerprint density at radius 2 is 2.00 bits per heavy atom. The van der Waals surface area contributed by atoms with Crippen molar-refractivity contribution < 1.29 is 8.42 Å². The third-order valence-corrected chi connectivity index (χ3v) is 7.78. The Hall–Kier alpha value is -0.730. The fourth-order valence-corrected chi connectivity index (χ4v) is 6.01. The molecule has 1 aliphatic rings. The van der Waals surface area contributed by atoms with Gasteiger partial charge in [0.2, 0.25) is 10.0 Å². The fourth-order valence-electron chi connectivity index (χ4n) is 3.20. The predicted molar refractivity (Wildman–Crippen MR) is 106 cm³/mol. The first-order chi connectivity index (χ1) is 12.0. The average molecular weight is 443 g/mol. The van der Waals surface area contributed by atoms with Gasteiger partial charge in [0.15, 0.2) is 0 Å². The molecule has 1 fully saturated rings. The topological polar surface area (TPSA) is 40.6 Å². The fraction of sp³-hybridized carbons (Fsp3) is 0.444. The lowest BCUT2D eigenvalue weighted by atomic mass is 10.2. The molecule has 0 bridgehead atoms. The van der Waals surface area contributed by atoms with E-state index in [1.165, 1.54) is 5.56 Å². The highest BCUT2D eigenvalue weighted by Crippen LogP contribution is 2.25. The number of halogens is 1. The molecule has 2 aromatic rings. The maximum absolute atomic E-state index is 13.1. The zero-order chi connectivity index (χ0) is 17.9. The second kappa shape index (κ2) is 8.31. The molecule has 0 N–H and O–H groups in total. The average Bonchev–Trinajstić information content (AvgIpc) is 2.98. The Morgan fingerprint density at radius 3 is 2.72 bits per heavy atom. The van der Waals surface area contributed by atoms with Gasteiger partial charge in [-0.05, 0) is 65.5 Å². The lowest BCUT2D eigenvalue weighted by molar-refractivity contribution is 0.279. The number of hydrogen-bond acceptors (Lipinski definition) is 4. The highest BCUT2D eigenvalue weighted by molar-refractivity contribution is 9.10. The molecule has 0 radical (unpaired) electrons. The Balaban J connectivity index is 1.75.